The Morgan fingerprint density at radius 2 is 1.71 bits per heavy atom. The Hall–Kier alpha value is -2.74. The molecule has 0 aromatic heterocycles. The van der Waals surface area contributed by atoms with Crippen LogP contribution >= 0.6 is 0 Å². The largest absolute Gasteiger partial charge is 0.491 e. The van der Waals surface area contributed by atoms with Crippen molar-refractivity contribution in [1.29, 1.82) is 0 Å². The van der Waals surface area contributed by atoms with Gasteiger partial charge < -0.3 is 14.6 Å². The van der Waals surface area contributed by atoms with Crippen LogP contribution in [0.1, 0.15) is 18.9 Å². The van der Waals surface area contributed by atoms with Crippen LogP contribution in [0.3, 0.4) is 0 Å². The molecule has 0 saturated heterocycles. The number of ether oxygens (including phenoxy) is 1. The second-order valence-electron chi connectivity index (χ2n) is 7.61. The number of carbonyl (C=O) groups excluding carboxylic acids is 1. The molecule has 0 radical (unpaired) electrons. The van der Waals surface area contributed by atoms with E-state index in [1.54, 1.807) is 37.3 Å². The molecule has 0 spiro atoms. The zero-order chi connectivity index (χ0) is 22.4. The van der Waals surface area contributed by atoms with Gasteiger partial charge in [0.05, 0.1) is 4.90 Å². The number of hydrogen-bond donors (Lipinski definition) is 1. The lowest BCUT2D eigenvalue weighted by Gasteiger charge is -2.21. The molecule has 1 atom stereocenters. The minimum atomic E-state index is -3.74. The summed E-state index contributed by atoms with van der Waals surface area (Å²) < 4.78 is 32.5. The van der Waals surface area contributed by atoms with Crippen molar-refractivity contribution in [3.63, 3.8) is 0 Å². The number of nitrogens with zero attached hydrogens (tertiary/aromatic N) is 1. The number of aliphatic hydroxyl groups is 1. The van der Waals surface area contributed by atoms with E-state index in [0.717, 1.165) is 20.6 Å². The van der Waals surface area contributed by atoms with Crippen LogP contribution in [-0.4, -0.2) is 49.9 Å². The van der Waals surface area contributed by atoms with E-state index in [4.69, 9.17) is 4.74 Å². The zero-order valence-electron chi connectivity index (χ0n) is 17.7. The van der Waals surface area contributed by atoms with Crippen LogP contribution in [0.5, 0.6) is 5.75 Å². The van der Waals surface area contributed by atoms with E-state index in [1.807, 2.05) is 36.4 Å². The highest BCUT2D eigenvalue weighted by Gasteiger charge is 2.23. The molecule has 31 heavy (non-hydrogen) atoms. The Morgan fingerprint density at radius 3 is 2.39 bits per heavy atom. The van der Waals surface area contributed by atoms with Crippen LogP contribution in [0, 0.1) is 0 Å². The summed E-state index contributed by atoms with van der Waals surface area (Å²) in [5.74, 6) is 0.719. The molecular formula is C24H27NO5S. The summed E-state index contributed by atoms with van der Waals surface area (Å²) in [6, 6.07) is 19.8. The molecular weight excluding hydrogens is 414 g/mol. The molecule has 0 saturated carbocycles. The number of aliphatic hydroxyl groups excluding tert-OH is 1. The minimum Gasteiger partial charge on any atom is -0.491 e. The first-order valence-electron chi connectivity index (χ1n) is 10.1. The third-order valence-electron chi connectivity index (χ3n) is 5.03. The second kappa shape index (κ2) is 10.0. The van der Waals surface area contributed by atoms with Gasteiger partial charge in [0.25, 0.3) is 0 Å². The lowest BCUT2D eigenvalue weighted by Crippen LogP contribution is -2.37. The number of ketones is 1. The van der Waals surface area contributed by atoms with Crippen molar-refractivity contribution in [2.45, 2.75) is 30.8 Å². The van der Waals surface area contributed by atoms with Crippen molar-refractivity contribution in [1.82, 2.24) is 4.31 Å². The van der Waals surface area contributed by atoms with Crippen molar-refractivity contribution in [3.05, 3.63) is 72.3 Å². The molecule has 0 aliphatic heterocycles. The van der Waals surface area contributed by atoms with Gasteiger partial charge in [-0.05, 0) is 53.9 Å². The van der Waals surface area contributed by atoms with Gasteiger partial charge in [0.1, 0.15) is 24.2 Å². The van der Waals surface area contributed by atoms with Crippen LogP contribution in [0.2, 0.25) is 0 Å². The molecule has 0 unspecified atom stereocenters. The predicted octanol–water partition coefficient (Wildman–Crippen LogP) is 3.42. The fraction of sp³-hybridized carbons (Fsp3) is 0.292. The van der Waals surface area contributed by atoms with Crippen molar-refractivity contribution < 1.29 is 23.1 Å². The average Bonchev–Trinajstić information content (AvgIpc) is 2.76. The first-order chi connectivity index (χ1) is 14.8. The predicted molar refractivity (Wildman–Crippen MR) is 121 cm³/mol. The zero-order valence-corrected chi connectivity index (χ0v) is 18.5. The first kappa shape index (κ1) is 22.9. The number of hydrogen-bond acceptors (Lipinski definition) is 5. The molecule has 6 nitrogen and oxygen atoms in total. The molecule has 7 heteroatoms. The lowest BCUT2D eigenvalue weighted by molar-refractivity contribution is -0.116. The van der Waals surface area contributed by atoms with Crippen LogP contribution in [0.25, 0.3) is 10.8 Å². The first-order valence-corrected chi connectivity index (χ1v) is 11.5. The minimum absolute atomic E-state index is 0.0373. The number of benzene rings is 3. The topological polar surface area (TPSA) is 83.9 Å². The van der Waals surface area contributed by atoms with E-state index in [1.165, 1.54) is 7.05 Å². The van der Waals surface area contributed by atoms with Gasteiger partial charge in [0, 0.05) is 20.0 Å². The summed E-state index contributed by atoms with van der Waals surface area (Å²) in [7, 11) is -2.30. The van der Waals surface area contributed by atoms with Gasteiger partial charge in [-0.2, -0.15) is 4.31 Å². The van der Waals surface area contributed by atoms with Gasteiger partial charge in [0.15, 0.2) is 0 Å². The molecule has 3 aromatic carbocycles. The molecule has 164 valence electrons. The van der Waals surface area contributed by atoms with Crippen molar-refractivity contribution >= 4 is 26.6 Å². The van der Waals surface area contributed by atoms with Gasteiger partial charge in [0.2, 0.25) is 10.0 Å². The van der Waals surface area contributed by atoms with Crippen LogP contribution in [0.4, 0.5) is 0 Å². The highest BCUT2D eigenvalue weighted by atomic mass is 32.2. The molecule has 0 aliphatic rings. The summed E-state index contributed by atoms with van der Waals surface area (Å²) in [5.41, 5.74) is 1.03. The third-order valence-corrected chi connectivity index (χ3v) is 6.85. The maximum atomic E-state index is 12.9. The maximum Gasteiger partial charge on any atom is 0.242 e. The Morgan fingerprint density at radius 1 is 1.03 bits per heavy atom. The van der Waals surface area contributed by atoms with Gasteiger partial charge >= 0.3 is 0 Å². The lowest BCUT2D eigenvalue weighted by atomic mass is 10.1. The van der Waals surface area contributed by atoms with Crippen LogP contribution in [-0.2, 0) is 21.2 Å². The highest BCUT2D eigenvalue weighted by molar-refractivity contribution is 7.89. The van der Waals surface area contributed by atoms with E-state index in [9.17, 15) is 18.3 Å². The standard InChI is InChI=1S/C24H27NO5S/c1-18(26)7-8-19-9-12-23(13-10-19)30-17-22(27)16-25(2)31(28,29)24-14-11-20-5-3-4-6-21(20)15-24/h3-6,9-15,22,27H,7-8,16-17H2,1-2H3/t22-/m1/s1. The number of carbonyl (C=O) groups is 1. The van der Waals surface area contributed by atoms with Gasteiger partial charge in [-0.3, -0.25) is 0 Å². The van der Waals surface area contributed by atoms with Crippen molar-refractivity contribution in [3.8, 4) is 5.75 Å². The van der Waals surface area contributed by atoms with Crippen LogP contribution in [0.15, 0.2) is 71.6 Å². The molecule has 3 rings (SSSR count). The molecule has 0 aliphatic carbocycles. The number of aryl methyl sites for hydroxylation is 1. The summed E-state index contributed by atoms with van der Waals surface area (Å²) in [4.78, 5) is 11.3. The second-order valence-corrected chi connectivity index (χ2v) is 9.65. The quantitative estimate of drug-likeness (QED) is 0.521. The number of rotatable bonds is 10. The summed E-state index contributed by atoms with van der Waals surface area (Å²) >= 11 is 0. The summed E-state index contributed by atoms with van der Waals surface area (Å²) in [6.45, 7) is 1.44. The summed E-state index contributed by atoms with van der Waals surface area (Å²) in [5, 5.41) is 12.1. The molecule has 3 aromatic rings. The van der Waals surface area contributed by atoms with Crippen molar-refractivity contribution in [2.75, 3.05) is 20.2 Å². The van der Waals surface area contributed by atoms with Crippen molar-refractivity contribution in [2.24, 2.45) is 0 Å². The van der Waals surface area contributed by atoms with E-state index < -0.39 is 16.1 Å². The fourth-order valence-electron chi connectivity index (χ4n) is 3.22. The SMILES string of the molecule is CC(=O)CCc1ccc(OC[C@H](O)CN(C)S(=O)(=O)c2ccc3ccccc3c2)cc1. The Kier molecular flexibility index (Phi) is 7.43. The van der Waals surface area contributed by atoms with E-state index in [0.29, 0.717) is 18.6 Å². The normalized spacial score (nSPS) is 12.8. The summed E-state index contributed by atoms with van der Waals surface area (Å²) in [6.07, 6.45) is 0.185. The monoisotopic (exact) mass is 441 g/mol. The molecule has 1 N–H and O–H groups in total. The van der Waals surface area contributed by atoms with E-state index in [-0.39, 0.29) is 23.8 Å². The average molecular weight is 442 g/mol. The Labute approximate surface area is 183 Å². The number of Topliss-reactive ketones (excluding diaryl/α,β-unsaturated/α-hetero) is 1. The molecule has 0 heterocycles. The van der Waals surface area contributed by atoms with Gasteiger partial charge in [-0.15, -0.1) is 0 Å². The smallest absolute Gasteiger partial charge is 0.242 e. The fourth-order valence-corrected chi connectivity index (χ4v) is 4.46. The number of likely N-dealkylation sites (N-methyl/N-ethyl adjacent to an activating group) is 1. The Balaban J connectivity index is 1.56. The molecule has 0 amide bonds. The number of sulfonamides is 1. The number of fused-ring (bicyclic) bond motifs is 1. The van der Waals surface area contributed by atoms with E-state index in [2.05, 4.69) is 0 Å². The van der Waals surface area contributed by atoms with Gasteiger partial charge in [-0.25, -0.2) is 8.42 Å². The highest BCUT2D eigenvalue weighted by Crippen LogP contribution is 2.21. The molecule has 0 bridgehead atoms. The van der Waals surface area contributed by atoms with Gasteiger partial charge in [-0.1, -0.05) is 42.5 Å². The Bertz CT molecular complexity index is 1140. The molecule has 0 fully saturated rings. The van der Waals surface area contributed by atoms with E-state index >= 15 is 0 Å². The third kappa shape index (κ3) is 6.13. The van der Waals surface area contributed by atoms with Crippen LogP contribution < -0.4 is 4.74 Å². The maximum absolute atomic E-state index is 12.9.